The molecule has 1 heterocycles. The van der Waals surface area contributed by atoms with E-state index >= 15 is 0 Å². The summed E-state index contributed by atoms with van der Waals surface area (Å²) in [6.45, 7) is 0. The van der Waals surface area contributed by atoms with E-state index in [-0.39, 0.29) is 22.7 Å². The van der Waals surface area contributed by atoms with Gasteiger partial charge in [0.15, 0.2) is 0 Å². The van der Waals surface area contributed by atoms with Gasteiger partial charge in [-0.3, -0.25) is 0 Å². The van der Waals surface area contributed by atoms with Gasteiger partial charge in [-0.2, -0.15) is 0 Å². The van der Waals surface area contributed by atoms with Gasteiger partial charge in [0.1, 0.15) is 22.9 Å². The normalized spacial score (nSPS) is 11.1. The standard InChI is InChI=1S/C14H10F3NO4/c1-21-11-6-5-10(13(19)20)18-12(11)8-3-2-4-9(7-8)22-14(15,16)17/h2-7H,1H3,(H,19,20). The van der Waals surface area contributed by atoms with E-state index in [1.54, 1.807) is 0 Å². The molecule has 0 radical (unpaired) electrons. The van der Waals surface area contributed by atoms with E-state index < -0.39 is 18.1 Å². The molecule has 8 heteroatoms. The number of carboxylic acid groups (broad SMARTS) is 1. The van der Waals surface area contributed by atoms with E-state index in [9.17, 15) is 18.0 Å². The van der Waals surface area contributed by atoms with Crippen molar-refractivity contribution >= 4 is 5.97 Å². The lowest BCUT2D eigenvalue weighted by atomic mass is 10.1. The van der Waals surface area contributed by atoms with Crippen molar-refractivity contribution in [3.63, 3.8) is 0 Å². The minimum Gasteiger partial charge on any atom is -0.494 e. The monoisotopic (exact) mass is 313 g/mol. The zero-order chi connectivity index (χ0) is 16.3. The van der Waals surface area contributed by atoms with Gasteiger partial charge in [0, 0.05) is 5.56 Å². The summed E-state index contributed by atoms with van der Waals surface area (Å²) in [6.07, 6.45) is -4.82. The van der Waals surface area contributed by atoms with Crippen LogP contribution in [0.25, 0.3) is 11.3 Å². The average molecular weight is 313 g/mol. The lowest BCUT2D eigenvalue weighted by Gasteiger charge is -2.12. The molecule has 1 aromatic carbocycles. The molecular formula is C14H10F3NO4. The van der Waals surface area contributed by atoms with E-state index in [1.165, 1.54) is 31.4 Å². The van der Waals surface area contributed by atoms with Crippen molar-refractivity contribution in [3.05, 3.63) is 42.1 Å². The highest BCUT2D eigenvalue weighted by Crippen LogP contribution is 2.32. The van der Waals surface area contributed by atoms with Gasteiger partial charge in [0.2, 0.25) is 0 Å². The maximum atomic E-state index is 12.3. The molecule has 0 saturated heterocycles. The highest BCUT2D eigenvalue weighted by Gasteiger charge is 2.31. The quantitative estimate of drug-likeness (QED) is 0.937. The summed E-state index contributed by atoms with van der Waals surface area (Å²) in [7, 11) is 1.34. The summed E-state index contributed by atoms with van der Waals surface area (Å²) in [5.74, 6) is -1.46. The first kappa shape index (κ1) is 15.6. The lowest BCUT2D eigenvalue weighted by Crippen LogP contribution is -2.17. The van der Waals surface area contributed by atoms with Gasteiger partial charge in [-0.25, -0.2) is 9.78 Å². The van der Waals surface area contributed by atoms with Crippen LogP contribution >= 0.6 is 0 Å². The van der Waals surface area contributed by atoms with E-state index in [2.05, 4.69) is 9.72 Å². The zero-order valence-corrected chi connectivity index (χ0v) is 11.2. The number of pyridine rings is 1. The minimum absolute atomic E-state index is 0.107. The van der Waals surface area contributed by atoms with Gasteiger partial charge in [-0.15, -0.1) is 13.2 Å². The van der Waals surface area contributed by atoms with Crippen LogP contribution in [0.4, 0.5) is 13.2 Å². The molecule has 2 rings (SSSR count). The molecule has 0 saturated carbocycles. The van der Waals surface area contributed by atoms with E-state index in [0.717, 1.165) is 12.1 Å². The average Bonchev–Trinajstić information content (AvgIpc) is 2.45. The first-order valence-electron chi connectivity index (χ1n) is 5.94. The van der Waals surface area contributed by atoms with Gasteiger partial charge < -0.3 is 14.6 Å². The maximum absolute atomic E-state index is 12.3. The molecule has 116 valence electrons. The second-order valence-corrected chi connectivity index (χ2v) is 4.13. The molecule has 0 amide bonds. The molecule has 22 heavy (non-hydrogen) atoms. The Kier molecular flexibility index (Phi) is 4.20. The topological polar surface area (TPSA) is 68.7 Å². The van der Waals surface area contributed by atoms with Gasteiger partial charge >= 0.3 is 12.3 Å². The van der Waals surface area contributed by atoms with E-state index in [4.69, 9.17) is 9.84 Å². The maximum Gasteiger partial charge on any atom is 0.573 e. The summed E-state index contributed by atoms with van der Waals surface area (Å²) >= 11 is 0. The summed E-state index contributed by atoms with van der Waals surface area (Å²) in [5.41, 5.74) is 0.0923. The Hall–Kier alpha value is -2.77. The fraction of sp³-hybridized carbons (Fsp3) is 0.143. The molecule has 0 atom stereocenters. The molecule has 0 aliphatic carbocycles. The lowest BCUT2D eigenvalue weighted by molar-refractivity contribution is -0.274. The Bertz CT molecular complexity index is 701. The molecule has 5 nitrogen and oxygen atoms in total. The van der Waals surface area contributed by atoms with Crippen molar-refractivity contribution in [3.8, 4) is 22.8 Å². The van der Waals surface area contributed by atoms with E-state index in [1.807, 2.05) is 0 Å². The van der Waals surface area contributed by atoms with Crippen molar-refractivity contribution in [1.29, 1.82) is 0 Å². The number of nitrogens with zero attached hydrogens (tertiary/aromatic N) is 1. The second kappa shape index (κ2) is 5.92. The molecule has 0 aliphatic heterocycles. The number of carbonyl (C=O) groups is 1. The molecule has 0 fully saturated rings. The van der Waals surface area contributed by atoms with Crippen LogP contribution in [-0.4, -0.2) is 29.5 Å². The third-order valence-corrected chi connectivity index (χ3v) is 2.64. The smallest absolute Gasteiger partial charge is 0.494 e. The molecule has 0 unspecified atom stereocenters. The van der Waals surface area contributed by atoms with Crippen LogP contribution in [0.2, 0.25) is 0 Å². The Morgan fingerprint density at radius 2 is 1.95 bits per heavy atom. The Morgan fingerprint density at radius 1 is 1.23 bits per heavy atom. The SMILES string of the molecule is COc1ccc(C(=O)O)nc1-c1cccc(OC(F)(F)F)c1. The third kappa shape index (κ3) is 3.66. The number of benzene rings is 1. The zero-order valence-electron chi connectivity index (χ0n) is 11.2. The number of methoxy groups -OCH3 is 1. The van der Waals surface area contributed by atoms with Gasteiger partial charge in [0.05, 0.1) is 7.11 Å². The van der Waals surface area contributed by atoms with Crippen molar-refractivity contribution in [1.82, 2.24) is 4.98 Å². The number of aromatic nitrogens is 1. The number of rotatable bonds is 4. The Balaban J connectivity index is 2.48. The molecular weight excluding hydrogens is 303 g/mol. The largest absolute Gasteiger partial charge is 0.573 e. The number of alkyl halides is 3. The highest BCUT2D eigenvalue weighted by atomic mass is 19.4. The first-order chi connectivity index (χ1) is 10.3. The molecule has 1 N–H and O–H groups in total. The van der Waals surface area contributed by atoms with Crippen LogP contribution in [0.5, 0.6) is 11.5 Å². The fourth-order valence-corrected chi connectivity index (χ4v) is 1.78. The number of halogens is 3. The van der Waals surface area contributed by atoms with Crippen molar-refractivity contribution < 1.29 is 32.5 Å². The summed E-state index contributed by atoms with van der Waals surface area (Å²) in [4.78, 5) is 14.9. The number of aromatic carboxylic acids is 1. The van der Waals surface area contributed by atoms with Crippen molar-refractivity contribution in [2.45, 2.75) is 6.36 Å². The predicted molar refractivity (Wildman–Crippen MR) is 69.9 cm³/mol. The fourth-order valence-electron chi connectivity index (χ4n) is 1.78. The highest BCUT2D eigenvalue weighted by molar-refractivity contribution is 5.86. The van der Waals surface area contributed by atoms with Gasteiger partial charge in [-0.05, 0) is 24.3 Å². The predicted octanol–water partition coefficient (Wildman–Crippen LogP) is 3.35. The van der Waals surface area contributed by atoms with Crippen LogP contribution in [0.3, 0.4) is 0 Å². The molecule has 0 spiro atoms. The number of ether oxygens (including phenoxy) is 2. The second-order valence-electron chi connectivity index (χ2n) is 4.13. The minimum atomic E-state index is -4.82. The summed E-state index contributed by atoms with van der Waals surface area (Å²) in [5, 5.41) is 8.95. The summed E-state index contributed by atoms with van der Waals surface area (Å²) < 4.78 is 45.6. The summed E-state index contributed by atoms with van der Waals surface area (Å²) in [6, 6.07) is 7.66. The molecule has 0 bridgehead atoms. The Labute approximate surface area is 122 Å². The van der Waals surface area contributed by atoms with Gasteiger partial charge in [-0.1, -0.05) is 12.1 Å². The van der Waals surface area contributed by atoms with Crippen LogP contribution in [0.15, 0.2) is 36.4 Å². The molecule has 2 aromatic rings. The van der Waals surface area contributed by atoms with Crippen LogP contribution < -0.4 is 9.47 Å². The Morgan fingerprint density at radius 3 is 2.55 bits per heavy atom. The van der Waals surface area contributed by atoms with Crippen LogP contribution in [0.1, 0.15) is 10.5 Å². The number of carboxylic acids is 1. The first-order valence-corrected chi connectivity index (χ1v) is 5.94. The number of hydrogen-bond acceptors (Lipinski definition) is 4. The van der Waals surface area contributed by atoms with Crippen molar-refractivity contribution in [2.75, 3.05) is 7.11 Å². The van der Waals surface area contributed by atoms with Crippen LogP contribution in [0, 0.1) is 0 Å². The van der Waals surface area contributed by atoms with Crippen LogP contribution in [-0.2, 0) is 0 Å². The number of hydrogen-bond donors (Lipinski definition) is 1. The van der Waals surface area contributed by atoms with E-state index in [0.29, 0.717) is 0 Å². The third-order valence-electron chi connectivity index (χ3n) is 2.64. The van der Waals surface area contributed by atoms with Crippen molar-refractivity contribution in [2.24, 2.45) is 0 Å². The molecule has 0 aliphatic rings. The molecule has 1 aromatic heterocycles. The van der Waals surface area contributed by atoms with Gasteiger partial charge in [0.25, 0.3) is 0 Å².